The van der Waals surface area contributed by atoms with Crippen molar-refractivity contribution in [2.45, 2.75) is 309 Å². The van der Waals surface area contributed by atoms with E-state index in [1.807, 2.05) is 6.08 Å². The summed E-state index contributed by atoms with van der Waals surface area (Å²) in [5.41, 5.74) is 0. The number of rotatable bonds is 54. The van der Waals surface area contributed by atoms with E-state index in [4.69, 9.17) is 0 Å². The average Bonchev–Trinajstić information content (AvgIpc) is 3.34. The lowest BCUT2D eigenvalue weighted by molar-refractivity contribution is -0.123. The first-order chi connectivity index (χ1) is 33.7. The second kappa shape index (κ2) is 58.9. The zero-order valence-corrected chi connectivity index (χ0v) is 45.4. The smallest absolute Gasteiger partial charge is 0.220 e. The molecule has 0 heterocycles. The van der Waals surface area contributed by atoms with Gasteiger partial charge in [0.15, 0.2) is 0 Å². The third-order valence-electron chi connectivity index (χ3n) is 13.3. The van der Waals surface area contributed by atoms with Crippen molar-refractivity contribution in [3.8, 4) is 0 Å². The van der Waals surface area contributed by atoms with E-state index in [1.54, 1.807) is 6.08 Å². The number of aliphatic hydroxyl groups excluding tert-OH is 2. The number of hydrogen-bond acceptors (Lipinski definition) is 3. The number of allylic oxidation sites excluding steroid dienone is 13. The van der Waals surface area contributed by atoms with E-state index in [0.29, 0.717) is 6.42 Å². The van der Waals surface area contributed by atoms with Gasteiger partial charge in [-0.2, -0.15) is 0 Å². The SMILES string of the molecule is CC/C=C\C/C=C\C/C=C\C/C=C\CCCCCCCCCCCCCCCCCCCCCCCCCCCCCCC(=O)NC(CO)C(O)/C=C/CC/C=C/CC/C=C/CCCCCCC. The van der Waals surface area contributed by atoms with Gasteiger partial charge in [-0.3, -0.25) is 4.79 Å². The van der Waals surface area contributed by atoms with Gasteiger partial charge in [-0.1, -0.05) is 292 Å². The molecular formula is C64H115NO3. The first-order valence-corrected chi connectivity index (χ1v) is 29.8. The maximum absolute atomic E-state index is 12.5. The van der Waals surface area contributed by atoms with Crippen LogP contribution in [0.1, 0.15) is 296 Å². The molecule has 0 aromatic rings. The third-order valence-corrected chi connectivity index (χ3v) is 13.3. The van der Waals surface area contributed by atoms with E-state index in [9.17, 15) is 15.0 Å². The molecule has 2 unspecified atom stereocenters. The minimum absolute atomic E-state index is 0.0755. The lowest BCUT2D eigenvalue weighted by atomic mass is 10.0. The van der Waals surface area contributed by atoms with Gasteiger partial charge in [0.05, 0.1) is 18.8 Å². The van der Waals surface area contributed by atoms with Gasteiger partial charge in [0.2, 0.25) is 5.91 Å². The van der Waals surface area contributed by atoms with Crippen LogP contribution in [0.25, 0.3) is 0 Å². The number of nitrogens with one attached hydrogen (secondary N) is 1. The third kappa shape index (κ3) is 54.5. The number of unbranched alkanes of at least 4 members (excludes halogenated alkanes) is 35. The first kappa shape index (κ1) is 65.6. The van der Waals surface area contributed by atoms with Crippen LogP contribution in [0, 0.1) is 0 Å². The fourth-order valence-electron chi connectivity index (χ4n) is 8.85. The molecule has 0 saturated carbocycles. The lowest BCUT2D eigenvalue weighted by Crippen LogP contribution is -2.45. The van der Waals surface area contributed by atoms with Crippen LogP contribution in [0.5, 0.6) is 0 Å². The molecule has 0 rings (SSSR count). The number of carbonyl (C=O) groups excluding carboxylic acids is 1. The Balaban J connectivity index is 3.42. The Bertz CT molecular complexity index is 1210. The molecule has 0 aromatic carbocycles. The van der Waals surface area contributed by atoms with Crippen LogP contribution in [-0.2, 0) is 4.79 Å². The molecule has 0 bridgehead atoms. The highest BCUT2D eigenvalue weighted by Crippen LogP contribution is 2.17. The van der Waals surface area contributed by atoms with Gasteiger partial charge >= 0.3 is 0 Å². The summed E-state index contributed by atoms with van der Waals surface area (Å²) < 4.78 is 0. The Labute approximate surface area is 424 Å². The summed E-state index contributed by atoms with van der Waals surface area (Å²) in [6.45, 7) is 4.17. The molecule has 0 spiro atoms. The Morgan fingerprint density at radius 2 is 0.662 bits per heavy atom. The van der Waals surface area contributed by atoms with Crippen LogP contribution in [0.4, 0.5) is 0 Å². The Hall–Kier alpha value is -2.43. The average molecular weight is 947 g/mol. The monoisotopic (exact) mass is 946 g/mol. The lowest BCUT2D eigenvalue weighted by Gasteiger charge is -2.19. The summed E-state index contributed by atoms with van der Waals surface area (Å²) in [6, 6.07) is -0.646. The number of carbonyl (C=O) groups is 1. The van der Waals surface area contributed by atoms with Crippen molar-refractivity contribution in [1.82, 2.24) is 5.32 Å². The summed E-state index contributed by atoms with van der Waals surface area (Å²) in [5.74, 6) is -0.0755. The van der Waals surface area contributed by atoms with Crippen LogP contribution in [0.15, 0.2) is 85.1 Å². The fourth-order valence-corrected chi connectivity index (χ4v) is 8.85. The molecule has 4 heteroatoms. The van der Waals surface area contributed by atoms with Gasteiger partial charge in [0, 0.05) is 6.42 Å². The number of aliphatic hydroxyl groups is 2. The van der Waals surface area contributed by atoms with E-state index >= 15 is 0 Å². The molecule has 394 valence electrons. The second-order valence-corrected chi connectivity index (χ2v) is 20.0. The van der Waals surface area contributed by atoms with Gasteiger partial charge in [0.1, 0.15) is 0 Å². The van der Waals surface area contributed by atoms with Crippen LogP contribution < -0.4 is 5.32 Å². The molecule has 0 fully saturated rings. The molecule has 4 nitrogen and oxygen atoms in total. The summed E-state index contributed by atoms with van der Waals surface area (Å²) >= 11 is 0. The zero-order chi connectivity index (χ0) is 49.2. The molecule has 0 saturated heterocycles. The van der Waals surface area contributed by atoms with Crippen molar-refractivity contribution >= 4 is 5.91 Å². The van der Waals surface area contributed by atoms with Crippen molar-refractivity contribution in [2.24, 2.45) is 0 Å². The molecule has 0 aliphatic heterocycles. The Morgan fingerprint density at radius 3 is 1.03 bits per heavy atom. The van der Waals surface area contributed by atoms with E-state index < -0.39 is 12.1 Å². The molecule has 0 aromatic heterocycles. The zero-order valence-electron chi connectivity index (χ0n) is 45.4. The molecular weight excluding hydrogens is 831 g/mol. The van der Waals surface area contributed by atoms with Crippen molar-refractivity contribution < 1.29 is 15.0 Å². The predicted octanol–water partition coefficient (Wildman–Crippen LogP) is 19.9. The molecule has 0 aliphatic rings. The van der Waals surface area contributed by atoms with Gasteiger partial charge in [0.25, 0.3) is 0 Å². The van der Waals surface area contributed by atoms with Crippen LogP contribution in [-0.4, -0.2) is 34.9 Å². The van der Waals surface area contributed by atoms with Crippen LogP contribution in [0.3, 0.4) is 0 Å². The summed E-state index contributed by atoms with van der Waals surface area (Å²) in [6.07, 6.45) is 86.4. The molecule has 2 atom stereocenters. The number of hydrogen-bond donors (Lipinski definition) is 3. The van der Waals surface area contributed by atoms with E-state index in [0.717, 1.165) is 64.2 Å². The Kier molecular flexibility index (Phi) is 56.8. The molecule has 0 aliphatic carbocycles. The first-order valence-electron chi connectivity index (χ1n) is 29.8. The standard InChI is InChI=1S/C64H115NO3/c1-3-5-7-9-11-13-15-17-19-20-21-22-23-24-25-26-27-28-29-30-31-32-33-34-35-36-37-38-39-40-41-42-43-44-46-48-50-52-54-56-58-60-64(68)65-62(61-66)63(67)59-57-55-53-51-49-47-45-18-16-14-12-10-8-6-4-2/h5,7,11,13,16-19,21-22,49,51,57,59,62-63,66-67H,3-4,6,8-10,12,14-15,20,23-48,50,52-56,58,60-61H2,1-2H3,(H,65,68)/b7-5-,13-11-,18-16+,19-17-,22-21-,51-49+,59-57+. The highest BCUT2D eigenvalue weighted by molar-refractivity contribution is 5.76. The van der Waals surface area contributed by atoms with Crippen LogP contribution >= 0.6 is 0 Å². The van der Waals surface area contributed by atoms with Crippen LogP contribution in [0.2, 0.25) is 0 Å². The maximum atomic E-state index is 12.5. The van der Waals surface area contributed by atoms with Crippen molar-refractivity contribution in [1.29, 1.82) is 0 Å². The van der Waals surface area contributed by atoms with Gasteiger partial charge in [-0.25, -0.2) is 0 Å². The summed E-state index contributed by atoms with van der Waals surface area (Å²) in [7, 11) is 0. The molecule has 68 heavy (non-hydrogen) atoms. The minimum Gasteiger partial charge on any atom is -0.394 e. The molecule has 0 radical (unpaired) electrons. The molecule has 3 N–H and O–H groups in total. The Morgan fingerprint density at radius 1 is 0.368 bits per heavy atom. The maximum Gasteiger partial charge on any atom is 0.220 e. The molecule has 1 amide bonds. The largest absolute Gasteiger partial charge is 0.394 e. The van der Waals surface area contributed by atoms with Gasteiger partial charge in [-0.05, 0) is 83.5 Å². The van der Waals surface area contributed by atoms with E-state index in [-0.39, 0.29) is 12.5 Å². The highest BCUT2D eigenvalue weighted by Gasteiger charge is 2.18. The van der Waals surface area contributed by atoms with Gasteiger partial charge in [-0.15, -0.1) is 0 Å². The van der Waals surface area contributed by atoms with Crippen molar-refractivity contribution in [2.75, 3.05) is 6.61 Å². The van der Waals surface area contributed by atoms with Crippen molar-refractivity contribution in [3.63, 3.8) is 0 Å². The fraction of sp³-hybridized carbons (Fsp3) is 0.766. The second-order valence-electron chi connectivity index (χ2n) is 20.0. The summed E-state index contributed by atoms with van der Waals surface area (Å²) in [5, 5.41) is 23.1. The quantitative estimate of drug-likeness (QED) is 0.0420. The topological polar surface area (TPSA) is 69.6 Å². The highest BCUT2D eigenvalue weighted by atomic mass is 16.3. The predicted molar refractivity (Wildman–Crippen MR) is 303 cm³/mol. The van der Waals surface area contributed by atoms with E-state index in [1.165, 1.54) is 212 Å². The number of amides is 1. The minimum atomic E-state index is -0.871. The normalized spacial score (nSPS) is 13.4. The van der Waals surface area contributed by atoms with Gasteiger partial charge < -0.3 is 15.5 Å². The van der Waals surface area contributed by atoms with E-state index in [2.05, 4.69) is 92.1 Å². The van der Waals surface area contributed by atoms with Crippen molar-refractivity contribution in [3.05, 3.63) is 85.1 Å². The summed E-state index contributed by atoms with van der Waals surface area (Å²) in [4.78, 5) is 12.5.